The van der Waals surface area contributed by atoms with Crippen LogP contribution >= 0.6 is 0 Å². The van der Waals surface area contributed by atoms with Gasteiger partial charge < -0.3 is 5.73 Å². The average Bonchev–Trinajstić information content (AvgIpc) is 2.58. The molecule has 0 unspecified atom stereocenters. The molecule has 3 nitrogen and oxygen atoms in total. The normalized spacial score (nSPS) is 12.7. The summed E-state index contributed by atoms with van der Waals surface area (Å²) < 4.78 is 1.85. The van der Waals surface area contributed by atoms with E-state index in [1.807, 2.05) is 35.9 Å². The maximum atomic E-state index is 5.88. The van der Waals surface area contributed by atoms with Crippen LogP contribution in [0.2, 0.25) is 0 Å². The van der Waals surface area contributed by atoms with E-state index in [1.165, 1.54) is 5.56 Å². The molecule has 0 amide bonds. The highest BCUT2D eigenvalue weighted by Gasteiger charge is 2.11. The summed E-state index contributed by atoms with van der Waals surface area (Å²) in [7, 11) is 0. The highest BCUT2D eigenvalue weighted by atomic mass is 15.3. The van der Waals surface area contributed by atoms with E-state index in [-0.39, 0.29) is 6.04 Å². The molecule has 2 aromatic rings. The Bertz CT molecular complexity index is 445. The Hall–Kier alpha value is -1.77. The zero-order valence-electron chi connectivity index (χ0n) is 9.01. The molecule has 0 bridgehead atoms. The first-order valence-corrected chi connectivity index (χ1v) is 5.05. The van der Waals surface area contributed by atoms with E-state index in [2.05, 4.69) is 24.2 Å². The molecule has 1 aromatic carbocycles. The Morgan fingerprint density at radius 3 is 2.47 bits per heavy atom. The monoisotopic (exact) mass is 201 g/mol. The first-order valence-electron chi connectivity index (χ1n) is 5.05. The maximum Gasteiger partial charge on any atom is 0.122 e. The molecular weight excluding hydrogens is 186 g/mol. The lowest BCUT2D eigenvalue weighted by atomic mass is 10.1. The molecule has 78 valence electrons. The molecule has 1 heterocycles. The van der Waals surface area contributed by atoms with Gasteiger partial charge in [0.05, 0.1) is 11.7 Å². The van der Waals surface area contributed by atoms with Crippen LogP contribution in [0.3, 0.4) is 0 Å². The van der Waals surface area contributed by atoms with Gasteiger partial charge >= 0.3 is 0 Å². The van der Waals surface area contributed by atoms with Gasteiger partial charge in [-0.25, -0.2) is 4.68 Å². The standard InChI is InChI=1S/C12H15N3/c1-9-8-12(13)15(14-9)10(2)11-6-4-3-5-7-11/h3-8,10H,13H2,1-2H3/t10-/m0/s1. The highest BCUT2D eigenvalue weighted by molar-refractivity contribution is 5.33. The number of rotatable bonds is 2. The number of nitrogens with zero attached hydrogens (tertiary/aromatic N) is 2. The third kappa shape index (κ3) is 1.86. The molecule has 0 saturated heterocycles. The summed E-state index contributed by atoms with van der Waals surface area (Å²) in [6.07, 6.45) is 0. The van der Waals surface area contributed by atoms with Crippen LogP contribution in [0.15, 0.2) is 36.4 Å². The molecule has 0 fully saturated rings. The van der Waals surface area contributed by atoms with Crippen LogP contribution in [0, 0.1) is 6.92 Å². The fraction of sp³-hybridized carbons (Fsp3) is 0.250. The number of hydrogen-bond donors (Lipinski definition) is 1. The smallest absolute Gasteiger partial charge is 0.122 e. The minimum Gasteiger partial charge on any atom is -0.384 e. The van der Waals surface area contributed by atoms with E-state index in [0.717, 1.165) is 5.69 Å². The lowest BCUT2D eigenvalue weighted by Gasteiger charge is -2.13. The number of hydrogen-bond acceptors (Lipinski definition) is 2. The maximum absolute atomic E-state index is 5.88. The average molecular weight is 201 g/mol. The molecule has 1 atom stereocenters. The molecular formula is C12H15N3. The van der Waals surface area contributed by atoms with Crippen molar-refractivity contribution in [2.45, 2.75) is 19.9 Å². The third-order valence-electron chi connectivity index (χ3n) is 2.54. The Labute approximate surface area is 89.5 Å². The van der Waals surface area contributed by atoms with Gasteiger partial charge in [-0.1, -0.05) is 30.3 Å². The summed E-state index contributed by atoms with van der Waals surface area (Å²) in [6.45, 7) is 4.04. The fourth-order valence-electron chi connectivity index (χ4n) is 1.72. The van der Waals surface area contributed by atoms with Gasteiger partial charge in [-0.15, -0.1) is 0 Å². The minimum atomic E-state index is 0.180. The number of aromatic nitrogens is 2. The quantitative estimate of drug-likeness (QED) is 0.810. The van der Waals surface area contributed by atoms with Gasteiger partial charge in [0, 0.05) is 6.07 Å². The second-order valence-corrected chi connectivity index (χ2v) is 3.74. The number of nitrogens with two attached hydrogens (primary N) is 1. The molecule has 0 radical (unpaired) electrons. The number of nitrogen functional groups attached to an aromatic ring is 1. The van der Waals surface area contributed by atoms with Crippen molar-refractivity contribution < 1.29 is 0 Å². The van der Waals surface area contributed by atoms with E-state index >= 15 is 0 Å². The predicted octanol–water partition coefficient (Wildman–Crippen LogP) is 2.38. The van der Waals surface area contributed by atoms with Crippen LogP contribution in [0.4, 0.5) is 5.82 Å². The zero-order chi connectivity index (χ0) is 10.8. The third-order valence-corrected chi connectivity index (χ3v) is 2.54. The van der Waals surface area contributed by atoms with Crippen molar-refractivity contribution in [2.24, 2.45) is 0 Å². The van der Waals surface area contributed by atoms with Crippen molar-refractivity contribution in [1.82, 2.24) is 9.78 Å². The fourth-order valence-corrected chi connectivity index (χ4v) is 1.72. The molecule has 3 heteroatoms. The number of aryl methyl sites for hydroxylation is 1. The molecule has 0 aliphatic rings. The number of anilines is 1. The second-order valence-electron chi connectivity index (χ2n) is 3.74. The first-order chi connectivity index (χ1) is 7.18. The molecule has 0 aliphatic heterocycles. The molecule has 2 N–H and O–H groups in total. The van der Waals surface area contributed by atoms with Crippen molar-refractivity contribution in [1.29, 1.82) is 0 Å². The molecule has 0 saturated carbocycles. The van der Waals surface area contributed by atoms with Crippen molar-refractivity contribution in [2.75, 3.05) is 5.73 Å². The van der Waals surface area contributed by atoms with E-state index in [4.69, 9.17) is 5.73 Å². The molecule has 0 aliphatic carbocycles. The van der Waals surface area contributed by atoms with Gasteiger partial charge in [-0.05, 0) is 19.4 Å². The first kappa shape index (κ1) is 9.77. The molecule has 0 spiro atoms. The van der Waals surface area contributed by atoms with Crippen LogP contribution in [-0.2, 0) is 0 Å². The van der Waals surface area contributed by atoms with Crippen molar-refractivity contribution in [3.05, 3.63) is 47.7 Å². The highest BCUT2D eigenvalue weighted by Crippen LogP contribution is 2.20. The van der Waals surface area contributed by atoms with Crippen LogP contribution < -0.4 is 5.73 Å². The minimum absolute atomic E-state index is 0.180. The Kier molecular flexibility index (Phi) is 2.46. The van der Waals surface area contributed by atoms with E-state index in [9.17, 15) is 0 Å². The summed E-state index contributed by atoms with van der Waals surface area (Å²) in [5.41, 5.74) is 8.05. The predicted molar refractivity (Wildman–Crippen MR) is 61.6 cm³/mol. The lowest BCUT2D eigenvalue weighted by Crippen LogP contribution is -2.11. The summed E-state index contributed by atoms with van der Waals surface area (Å²) in [5, 5.41) is 4.38. The van der Waals surface area contributed by atoms with Crippen LogP contribution in [0.25, 0.3) is 0 Å². The summed E-state index contributed by atoms with van der Waals surface area (Å²) in [4.78, 5) is 0. The molecule has 1 aromatic heterocycles. The van der Waals surface area contributed by atoms with Crippen LogP contribution in [0.5, 0.6) is 0 Å². The molecule has 15 heavy (non-hydrogen) atoms. The van der Waals surface area contributed by atoms with Crippen molar-refractivity contribution in [3.63, 3.8) is 0 Å². The van der Waals surface area contributed by atoms with Gasteiger partial charge in [0.15, 0.2) is 0 Å². The van der Waals surface area contributed by atoms with Crippen LogP contribution in [0.1, 0.15) is 24.2 Å². The lowest BCUT2D eigenvalue weighted by molar-refractivity contribution is 0.569. The van der Waals surface area contributed by atoms with Gasteiger partial charge in [0.2, 0.25) is 0 Å². The largest absolute Gasteiger partial charge is 0.384 e. The van der Waals surface area contributed by atoms with Gasteiger partial charge in [0.1, 0.15) is 5.82 Å². The van der Waals surface area contributed by atoms with E-state index in [1.54, 1.807) is 0 Å². The van der Waals surface area contributed by atoms with Crippen LogP contribution in [-0.4, -0.2) is 9.78 Å². The summed E-state index contributed by atoms with van der Waals surface area (Å²) in [5.74, 6) is 0.712. The topological polar surface area (TPSA) is 43.8 Å². The summed E-state index contributed by atoms with van der Waals surface area (Å²) >= 11 is 0. The second kappa shape index (κ2) is 3.77. The Morgan fingerprint density at radius 1 is 1.27 bits per heavy atom. The summed E-state index contributed by atoms with van der Waals surface area (Å²) in [6, 6.07) is 12.3. The van der Waals surface area contributed by atoms with Gasteiger partial charge in [0.25, 0.3) is 0 Å². The van der Waals surface area contributed by atoms with E-state index < -0.39 is 0 Å². The van der Waals surface area contributed by atoms with Gasteiger partial charge in [-0.2, -0.15) is 5.10 Å². The SMILES string of the molecule is Cc1cc(N)n([C@@H](C)c2ccccc2)n1. The van der Waals surface area contributed by atoms with Gasteiger partial charge in [-0.3, -0.25) is 0 Å². The Balaban J connectivity index is 2.36. The molecule has 2 rings (SSSR count). The van der Waals surface area contributed by atoms with E-state index in [0.29, 0.717) is 5.82 Å². The zero-order valence-corrected chi connectivity index (χ0v) is 9.01. The Morgan fingerprint density at radius 2 is 1.93 bits per heavy atom. The number of benzene rings is 1. The van der Waals surface area contributed by atoms with Crippen molar-refractivity contribution >= 4 is 5.82 Å². The van der Waals surface area contributed by atoms with Crippen molar-refractivity contribution in [3.8, 4) is 0 Å².